The summed E-state index contributed by atoms with van der Waals surface area (Å²) in [6.07, 6.45) is 8.58. The lowest BCUT2D eigenvalue weighted by Gasteiger charge is -2.51. The van der Waals surface area contributed by atoms with Crippen molar-refractivity contribution in [3.05, 3.63) is 89.5 Å². The summed E-state index contributed by atoms with van der Waals surface area (Å²) in [5.74, 6) is 0.243. The van der Waals surface area contributed by atoms with Crippen LogP contribution in [0.2, 0.25) is 0 Å². The number of amides is 2. The van der Waals surface area contributed by atoms with Crippen molar-refractivity contribution in [3.8, 4) is 5.75 Å². The molecule has 1 aliphatic rings. The Morgan fingerprint density at radius 2 is 1.95 bits per heavy atom. The number of nitrogens with zero attached hydrogens (tertiary/aromatic N) is 2. The van der Waals surface area contributed by atoms with E-state index in [0.717, 1.165) is 35.3 Å². The Kier molecular flexibility index (Phi) is 8.97. The molecule has 3 aromatic rings. The first-order chi connectivity index (χ1) is 18.4. The minimum Gasteiger partial charge on any atom is -0.497 e. The number of imidazole rings is 1. The molecule has 8 heteroatoms. The number of ether oxygens (including phenoxy) is 2. The lowest BCUT2D eigenvalue weighted by Crippen LogP contribution is -2.66. The molecule has 0 aliphatic carbocycles. The summed E-state index contributed by atoms with van der Waals surface area (Å²) in [4.78, 5) is 35.3. The smallest absolute Gasteiger partial charge is 0.245 e. The molecule has 2 aromatic carbocycles. The Labute approximate surface area is 224 Å². The molecular formula is C30H36N4O4. The highest BCUT2D eigenvalue weighted by atomic mass is 16.5. The number of aromatic amines is 1. The summed E-state index contributed by atoms with van der Waals surface area (Å²) in [7, 11) is 1.61. The maximum absolute atomic E-state index is 13.7. The van der Waals surface area contributed by atoms with Crippen molar-refractivity contribution in [2.24, 2.45) is 0 Å². The molecule has 4 rings (SSSR count). The van der Waals surface area contributed by atoms with Gasteiger partial charge >= 0.3 is 0 Å². The van der Waals surface area contributed by atoms with Gasteiger partial charge in [-0.1, -0.05) is 49.7 Å². The number of likely N-dealkylation sites (tertiary alicyclic amines) is 1. The summed E-state index contributed by atoms with van der Waals surface area (Å²) >= 11 is 0. The highest BCUT2D eigenvalue weighted by Crippen LogP contribution is 2.38. The molecule has 8 nitrogen and oxygen atoms in total. The molecule has 2 amide bonds. The number of nitrogens with one attached hydrogen (secondary N) is 2. The van der Waals surface area contributed by atoms with E-state index in [1.165, 1.54) is 6.08 Å². The zero-order valence-corrected chi connectivity index (χ0v) is 22.3. The van der Waals surface area contributed by atoms with Gasteiger partial charge in [0.05, 0.1) is 32.2 Å². The Bertz CT molecular complexity index is 1230. The SMILES string of the molecule is CCCCOC1(c2ccccc2C)CN(C(=O)C(Cc2ccc(OC)cc2)NC(=O)C=Cc2c[nH]cn2)C1. The molecule has 2 heterocycles. The number of H-pyrrole nitrogens is 1. The maximum Gasteiger partial charge on any atom is 0.245 e. The van der Waals surface area contributed by atoms with Crippen molar-refractivity contribution in [3.63, 3.8) is 0 Å². The topological polar surface area (TPSA) is 96.5 Å². The van der Waals surface area contributed by atoms with E-state index in [0.29, 0.717) is 31.8 Å². The van der Waals surface area contributed by atoms with Gasteiger partial charge in [0, 0.05) is 25.3 Å². The van der Waals surface area contributed by atoms with Crippen LogP contribution in [0, 0.1) is 6.92 Å². The second kappa shape index (κ2) is 12.6. The molecule has 0 saturated carbocycles. The van der Waals surface area contributed by atoms with E-state index < -0.39 is 11.6 Å². The zero-order valence-electron chi connectivity index (χ0n) is 22.3. The van der Waals surface area contributed by atoms with Crippen LogP contribution < -0.4 is 10.1 Å². The number of hydrogen-bond donors (Lipinski definition) is 2. The molecule has 38 heavy (non-hydrogen) atoms. The molecule has 0 spiro atoms. The number of methoxy groups -OCH3 is 1. The van der Waals surface area contributed by atoms with Crippen molar-refractivity contribution in [1.29, 1.82) is 0 Å². The van der Waals surface area contributed by atoms with Crippen LogP contribution in [0.25, 0.3) is 6.08 Å². The highest BCUT2D eigenvalue weighted by Gasteiger charge is 2.49. The number of rotatable bonds is 12. The van der Waals surface area contributed by atoms with Crippen LogP contribution in [0.3, 0.4) is 0 Å². The minimum atomic E-state index is -0.731. The average molecular weight is 517 g/mol. The molecule has 200 valence electrons. The third-order valence-corrected chi connectivity index (χ3v) is 6.85. The molecule has 1 saturated heterocycles. The number of carbonyl (C=O) groups is 2. The fourth-order valence-corrected chi connectivity index (χ4v) is 4.72. The fourth-order valence-electron chi connectivity index (χ4n) is 4.72. The van der Waals surface area contributed by atoms with Gasteiger partial charge in [-0.15, -0.1) is 0 Å². The summed E-state index contributed by atoms with van der Waals surface area (Å²) in [6.45, 7) is 5.73. The van der Waals surface area contributed by atoms with E-state index in [4.69, 9.17) is 9.47 Å². The second-order valence-corrected chi connectivity index (χ2v) is 9.65. The molecule has 1 unspecified atom stereocenters. The standard InChI is InChI=1S/C30H36N4O4/c1-4-5-16-38-30(26-9-7-6-8-22(26)2)19-34(20-30)29(36)27(17-23-10-13-25(37-3)14-11-23)33-28(35)15-12-24-18-31-21-32-24/h6-15,18,21,27H,4-5,16-17,19-20H2,1-3H3,(H,31,32)(H,33,35). The van der Waals surface area contributed by atoms with Gasteiger partial charge in [-0.3, -0.25) is 9.59 Å². The third-order valence-electron chi connectivity index (χ3n) is 6.85. The molecule has 1 fully saturated rings. The Hall–Kier alpha value is -3.91. The summed E-state index contributed by atoms with van der Waals surface area (Å²) in [5, 5.41) is 2.91. The molecule has 2 N–H and O–H groups in total. The highest BCUT2D eigenvalue weighted by molar-refractivity contribution is 5.95. The van der Waals surface area contributed by atoms with Crippen molar-refractivity contribution >= 4 is 17.9 Å². The van der Waals surface area contributed by atoms with Crippen molar-refractivity contribution < 1.29 is 19.1 Å². The monoisotopic (exact) mass is 516 g/mol. The van der Waals surface area contributed by atoms with Gasteiger partial charge in [0.2, 0.25) is 11.8 Å². The van der Waals surface area contributed by atoms with Crippen LogP contribution >= 0.6 is 0 Å². The van der Waals surface area contributed by atoms with Gasteiger partial charge in [-0.25, -0.2) is 4.98 Å². The van der Waals surface area contributed by atoms with E-state index in [2.05, 4.69) is 41.3 Å². The van der Waals surface area contributed by atoms with Gasteiger partial charge in [0.1, 0.15) is 17.4 Å². The summed E-state index contributed by atoms with van der Waals surface area (Å²) < 4.78 is 11.7. The lowest BCUT2D eigenvalue weighted by molar-refractivity contribution is -0.175. The second-order valence-electron chi connectivity index (χ2n) is 9.65. The van der Waals surface area contributed by atoms with E-state index in [9.17, 15) is 9.59 Å². The maximum atomic E-state index is 13.7. The Morgan fingerprint density at radius 1 is 1.18 bits per heavy atom. The molecule has 0 radical (unpaired) electrons. The van der Waals surface area contributed by atoms with E-state index >= 15 is 0 Å². The van der Waals surface area contributed by atoms with Crippen molar-refractivity contribution in [2.45, 2.75) is 44.8 Å². The van der Waals surface area contributed by atoms with E-state index in [1.807, 2.05) is 36.4 Å². The first kappa shape index (κ1) is 27.1. The predicted molar refractivity (Wildman–Crippen MR) is 147 cm³/mol. The Balaban J connectivity index is 1.51. The molecule has 1 aliphatic heterocycles. The van der Waals surface area contributed by atoms with Crippen LogP contribution in [0.15, 0.2) is 67.1 Å². The quantitative estimate of drug-likeness (QED) is 0.280. The van der Waals surface area contributed by atoms with E-state index in [-0.39, 0.29) is 11.8 Å². The molecule has 1 aromatic heterocycles. The van der Waals surface area contributed by atoms with Crippen molar-refractivity contribution in [1.82, 2.24) is 20.2 Å². The molecular weight excluding hydrogens is 480 g/mol. The lowest BCUT2D eigenvalue weighted by atomic mass is 9.82. The average Bonchev–Trinajstić information content (AvgIpc) is 3.43. The Morgan fingerprint density at radius 3 is 2.61 bits per heavy atom. The molecule has 0 bridgehead atoms. The largest absolute Gasteiger partial charge is 0.497 e. The van der Waals surface area contributed by atoms with Crippen LogP contribution in [-0.2, 0) is 26.3 Å². The number of aromatic nitrogens is 2. The van der Waals surface area contributed by atoms with Crippen molar-refractivity contribution in [2.75, 3.05) is 26.8 Å². The zero-order chi connectivity index (χ0) is 27.0. The van der Waals surface area contributed by atoms with E-state index in [1.54, 1.807) is 30.6 Å². The number of unbranched alkanes of at least 4 members (excludes halogenated alkanes) is 1. The predicted octanol–water partition coefficient (Wildman–Crippen LogP) is 4.02. The van der Waals surface area contributed by atoms with Crippen LogP contribution in [-0.4, -0.2) is 59.5 Å². The number of hydrogen-bond acceptors (Lipinski definition) is 5. The first-order valence-corrected chi connectivity index (χ1v) is 13.0. The number of aryl methyl sites for hydroxylation is 1. The third kappa shape index (κ3) is 6.50. The number of carbonyl (C=O) groups excluding carboxylic acids is 2. The van der Waals surface area contributed by atoms with Gasteiger partial charge in [0.15, 0.2) is 0 Å². The summed E-state index contributed by atoms with van der Waals surface area (Å²) in [6, 6.07) is 15.0. The van der Waals surface area contributed by atoms with Gasteiger partial charge < -0.3 is 24.7 Å². The van der Waals surface area contributed by atoms with Gasteiger partial charge in [-0.05, 0) is 48.2 Å². The van der Waals surface area contributed by atoms with Gasteiger partial charge in [-0.2, -0.15) is 0 Å². The normalized spacial score (nSPS) is 15.2. The number of benzene rings is 2. The van der Waals surface area contributed by atoms with Crippen LogP contribution in [0.5, 0.6) is 5.75 Å². The van der Waals surface area contributed by atoms with Crippen LogP contribution in [0.1, 0.15) is 42.1 Å². The fraction of sp³-hybridized carbons (Fsp3) is 0.367. The molecule has 1 atom stereocenters. The van der Waals surface area contributed by atoms with Crippen LogP contribution in [0.4, 0.5) is 0 Å². The van der Waals surface area contributed by atoms with Gasteiger partial charge in [0.25, 0.3) is 0 Å². The first-order valence-electron chi connectivity index (χ1n) is 13.0. The minimum absolute atomic E-state index is 0.134. The summed E-state index contributed by atoms with van der Waals surface area (Å²) in [5.41, 5.74) is 3.27.